The summed E-state index contributed by atoms with van der Waals surface area (Å²) in [6.07, 6.45) is 1.10. The molecular weight excluding hydrogens is 286 g/mol. The van der Waals surface area contributed by atoms with E-state index < -0.39 is 5.60 Å². The monoisotopic (exact) mass is 307 g/mol. The van der Waals surface area contributed by atoms with Crippen LogP contribution in [0.15, 0.2) is 12.3 Å². The van der Waals surface area contributed by atoms with Gasteiger partial charge >= 0.3 is 6.09 Å². The second-order valence-corrected chi connectivity index (χ2v) is 6.06. The minimum Gasteiger partial charge on any atom is -0.444 e. The number of nitrogen functional groups attached to an aromatic ring is 1. The maximum atomic E-state index is 12.3. The van der Waals surface area contributed by atoms with Crippen molar-refractivity contribution in [3.63, 3.8) is 0 Å². The van der Waals surface area contributed by atoms with E-state index in [9.17, 15) is 9.59 Å². The normalized spacial score (nSPS) is 15.6. The molecule has 0 radical (unpaired) electrons. The largest absolute Gasteiger partial charge is 0.444 e. The number of anilines is 1. The first-order valence-electron chi connectivity index (χ1n) is 7.12. The fourth-order valence-corrected chi connectivity index (χ4v) is 2.07. The van der Waals surface area contributed by atoms with E-state index in [-0.39, 0.29) is 23.6 Å². The number of carbonyl (C=O) groups is 2. The SMILES string of the molecule is CC(C)(C)OC(=O)N1CCN(C(=O)c2ccnc(N)n2)CC1. The average molecular weight is 307 g/mol. The predicted octanol–water partition coefficient (Wildman–Crippen LogP) is 0.752. The first-order valence-corrected chi connectivity index (χ1v) is 7.12. The molecule has 8 nitrogen and oxygen atoms in total. The van der Waals surface area contributed by atoms with Gasteiger partial charge in [-0.25, -0.2) is 14.8 Å². The van der Waals surface area contributed by atoms with Gasteiger partial charge in [0.1, 0.15) is 11.3 Å². The van der Waals surface area contributed by atoms with Crippen molar-refractivity contribution in [1.82, 2.24) is 19.8 Å². The lowest BCUT2D eigenvalue weighted by Gasteiger charge is -2.35. The highest BCUT2D eigenvalue weighted by atomic mass is 16.6. The van der Waals surface area contributed by atoms with Crippen LogP contribution >= 0.6 is 0 Å². The molecule has 2 amide bonds. The molecule has 1 aromatic rings. The van der Waals surface area contributed by atoms with Crippen LogP contribution in [0.2, 0.25) is 0 Å². The number of hydrogen-bond donors (Lipinski definition) is 1. The van der Waals surface area contributed by atoms with Gasteiger partial charge in [0.05, 0.1) is 0 Å². The number of hydrogen-bond acceptors (Lipinski definition) is 6. The van der Waals surface area contributed by atoms with Crippen molar-refractivity contribution < 1.29 is 14.3 Å². The molecule has 1 fully saturated rings. The molecule has 0 aliphatic carbocycles. The summed E-state index contributed by atoms with van der Waals surface area (Å²) < 4.78 is 5.32. The Hall–Kier alpha value is -2.38. The van der Waals surface area contributed by atoms with Crippen molar-refractivity contribution in [2.24, 2.45) is 0 Å². The molecule has 1 saturated heterocycles. The van der Waals surface area contributed by atoms with Crippen LogP contribution < -0.4 is 5.73 Å². The smallest absolute Gasteiger partial charge is 0.410 e. The topological polar surface area (TPSA) is 102 Å². The number of nitrogens with zero attached hydrogens (tertiary/aromatic N) is 4. The molecule has 0 spiro atoms. The summed E-state index contributed by atoms with van der Waals surface area (Å²) in [5.74, 6) is -0.142. The van der Waals surface area contributed by atoms with Gasteiger partial charge in [0.25, 0.3) is 5.91 Å². The Morgan fingerprint density at radius 3 is 2.32 bits per heavy atom. The van der Waals surface area contributed by atoms with Gasteiger partial charge < -0.3 is 20.3 Å². The van der Waals surface area contributed by atoms with Gasteiger partial charge in [0, 0.05) is 32.4 Å². The Kier molecular flexibility index (Phi) is 4.48. The van der Waals surface area contributed by atoms with E-state index in [0.29, 0.717) is 26.2 Å². The zero-order valence-electron chi connectivity index (χ0n) is 13.1. The number of carbonyl (C=O) groups excluding carboxylic acids is 2. The Bertz CT molecular complexity index is 562. The highest BCUT2D eigenvalue weighted by Crippen LogP contribution is 2.13. The van der Waals surface area contributed by atoms with Crippen LogP contribution in [0.25, 0.3) is 0 Å². The van der Waals surface area contributed by atoms with E-state index in [1.54, 1.807) is 9.80 Å². The van der Waals surface area contributed by atoms with Gasteiger partial charge in [0.2, 0.25) is 5.95 Å². The quantitative estimate of drug-likeness (QED) is 0.821. The van der Waals surface area contributed by atoms with Crippen molar-refractivity contribution in [3.8, 4) is 0 Å². The second-order valence-electron chi connectivity index (χ2n) is 6.06. The Labute approximate surface area is 129 Å². The maximum absolute atomic E-state index is 12.3. The van der Waals surface area contributed by atoms with Crippen LogP contribution in [-0.4, -0.2) is 63.5 Å². The van der Waals surface area contributed by atoms with E-state index in [1.165, 1.54) is 12.3 Å². The molecule has 0 unspecified atom stereocenters. The summed E-state index contributed by atoms with van der Waals surface area (Å²) in [4.78, 5) is 35.2. The molecular formula is C14H21N5O3. The molecule has 2 rings (SSSR count). The third kappa shape index (κ3) is 4.06. The van der Waals surface area contributed by atoms with E-state index in [0.717, 1.165) is 0 Å². The highest BCUT2D eigenvalue weighted by Gasteiger charge is 2.28. The van der Waals surface area contributed by atoms with Crippen LogP contribution in [0.1, 0.15) is 31.3 Å². The third-order valence-electron chi connectivity index (χ3n) is 3.11. The van der Waals surface area contributed by atoms with Crippen LogP contribution in [0.3, 0.4) is 0 Å². The van der Waals surface area contributed by atoms with Crippen molar-refractivity contribution in [2.75, 3.05) is 31.9 Å². The standard InChI is InChI=1S/C14H21N5O3/c1-14(2,3)22-13(21)19-8-6-18(7-9-19)11(20)10-4-5-16-12(15)17-10/h4-5H,6-9H2,1-3H3,(H2,15,16,17). The van der Waals surface area contributed by atoms with Gasteiger partial charge in [-0.15, -0.1) is 0 Å². The number of piperazine rings is 1. The van der Waals surface area contributed by atoms with Crippen LogP contribution in [0.4, 0.5) is 10.7 Å². The summed E-state index contributed by atoms with van der Waals surface area (Å²) in [6.45, 7) is 7.20. The number of ether oxygens (including phenoxy) is 1. The first kappa shape index (κ1) is 16.0. The molecule has 0 bridgehead atoms. The van der Waals surface area contributed by atoms with Gasteiger partial charge in [0.15, 0.2) is 0 Å². The van der Waals surface area contributed by atoms with E-state index >= 15 is 0 Å². The lowest BCUT2D eigenvalue weighted by atomic mass is 10.2. The third-order valence-corrected chi connectivity index (χ3v) is 3.11. The van der Waals surface area contributed by atoms with Crippen LogP contribution in [0.5, 0.6) is 0 Å². The molecule has 8 heteroatoms. The van der Waals surface area contributed by atoms with Crippen LogP contribution in [0, 0.1) is 0 Å². The van der Waals surface area contributed by atoms with Crippen molar-refractivity contribution in [1.29, 1.82) is 0 Å². The zero-order chi connectivity index (χ0) is 16.3. The lowest BCUT2D eigenvalue weighted by molar-refractivity contribution is 0.0140. The molecule has 0 atom stereocenters. The highest BCUT2D eigenvalue weighted by molar-refractivity contribution is 5.92. The summed E-state index contributed by atoms with van der Waals surface area (Å²) in [5.41, 5.74) is 5.22. The second kappa shape index (κ2) is 6.17. The van der Waals surface area contributed by atoms with E-state index in [1.807, 2.05) is 20.8 Å². The fourth-order valence-electron chi connectivity index (χ4n) is 2.07. The Morgan fingerprint density at radius 1 is 1.18 bits per heavy atom. The Balaban J connectivity index is 1.92. The zero-order valence-corrected chi connectivity index (χ0v) is 13.1. The molecule has 120 valence electrons. The maximum Gasteiger partial charge on any atom is 0.410 e. The molecule has 1 aromatic heterocycles. The van der Waals surface area contributed by atoms with Gasteiger partial charge in [-0.3, -0.25) is 4.79 Å². The van der Waals surface area contributed by atoms with Crippen LogP contribution in [-0.2, 0) is 4.74 Å². The molecule has 2 N–H and O–H groups in total. The molecule has 1 aliphatic rings. The summed E-state index contributed by atoms with van der Waals surface area (Å²) in [5, 5.41) is 0. The summed E-state index contributed by atoms with van der Waals surface area (Å²) in [7, 11) is 0. The summed E-state index contributed by atoms with van der Waals surface area (Å²) in [6, 6.07) is 1.53. The average Bonchev–Trinajstić information content (AvgIpc) is 2.45. The Morgan fingerprint density at radius 2 is 1.77 bits per heavy atom. The molecule has 22 heavy (non-hydrogen) atoms. The predicted molar refractivity (Wildman–Crippen MR) is 80.2 cm³/mol. The van der Waals surface area contributed by atoms with Crippen molar-refractivity contribution >= 4 is 17.9 Å². The minimum absolute atomic E-state index is 0.0678. The molecule has 1 aliphatic heterocycles. The van der Waals surface area contributed by atoms with Gasteiger partial charge in [-0.1, -0.05) is 0 Å². The number of aromatic nitrogens is 2. The van der Waals surface area contributed by atoms with Gasteiger partial charge in [-0.2, -0.15) is 0 Å². The number of rotatable bonds is 1. The van der Waals surface area contributed by atoms with E-state index in [4.69, 9.17) is 10.5 Å². The summed E-state index contributed by atoms with van der Waals surface area (Å²) >= 11 is 0. The number of amides is 2. The van der Waals surface area contributed by atoms with Crippen molar-refractivity contribution in [2.45, 2.75) is 26.4 Å². The number of nitrogens with two attached hydrogens (primary N) is 1. The lowest BCUT2D eigenvalue weighted by Crippen LogP contribution is -2.51. The molecule has 0 saturated carbocycles. The molecule has 2 heterocycles. The minimum atomic E-state index is -0.525. The van der Waals surface area contributed by atoms with E-state index in [2.05, 4.69) is 9.97 Å². The first-order chi connectivity index (χ1) is 10.3. The fraction of sp³-hybridized carbons (Fsp3) is 0.571. The van der Waals surface area contributed by atoms with Gasteiger partial charge in [-0.05, 0) is 26.8 Å². The molecule has 0 aromatic carbocycles. The van der Waals surface area contributed by atoms with Crippen molar-refractivity contribution in [3.05, 3.63) is 18.0 Å².